The number of fused-ring (bicyclic) bond motifs is 1. The van der Waals surface area contributed by atoms with E-state index in [0.29, 0.717) is 30.5 Å². The Kier molecular flexibility index (Phi) is 4.40. The standard InChI is InChI=1S/C13H19N7O2/c1-2-10-15-11(22-17-10)6-7-14-13(21)9-5-3-4-8-20-12(9)16-18-19-20/h9H,2-8H2,1H3,(H,14,21)/t9-/m1/s1. The molecule has 9 heteroatoms. The molecule has 9 nitrogen and oxygen atoms in total. The fourth-order valence-electron chi connectivity index (χ4n) is 2.56. The number of carbonyl (C=O) groups is 1. The summed E-state index contributed by atoms with van der Waals surface area (Å²) in [6, 6.07) is 0. The van der Waals surface area contributed by atoms with E-state index < -0.39 is 0 Å². The van der Waals surface area contributed by atoms with Crippen LogP contribution in [0, 0.1) is 0 Å². The second kappa shape index (κ2) is 6.63. The van der Waals surface area contributed by atoms with Crippen molar-refractivity contribution in [1.82, 2.24) is 35.7 Å². The van der Waals surface area contributed by atoms with Crippen molar-refractivity contribution >= 4 is 5.91 Å². The van der Waals surface area contributed by atoms with E-state index in [1.165, 1.54) is 0 Å². The van der Waals surface area contributed by atoms with Gasteiger partial charge >= 0.3 is 0 Å². The monoisotopic (exact) mass is 305 g/mol. The van der Waals surface area contributed by atoms with Gasteiger partial charge in [-0.1, -0.05) is 18.5 Å². The highest BCUT2D eigenvalue weighted by Gasteiger charge is 2.28. The molecule has 0 fully saturated rings. The van der Waals surface area contributed by atoms with Crippen molar-refractivity contribution in [3.05, 3.63) is 17.5 Å². The Morgan fingerprint density at radius 2 is 2.36 bits per heavy atom. The molecule has 0 aliphatic carbocycles. The summed E-state index contributed by atoms with van der Waals surface area (Å²) in [6.07, 6.45) is 4.00. The topological polar surface area (TPSA) is 112 Å². The van der Waals surface area contributed by atoms with Gasteiger partial charge < -0.3 is 9.84 Å². The molecular formula is C13H19N7O2. The number of tetrazole rings is 1. The van der Waals surface area contributed by atoms with Crippen LogP contribution in [0.15, 0.2) is 4.52 Å². The quantitative estimate of drug-likeness (QED) is 0.842. The first-order valence-electron chi connectivity index (χ1n) is 7.63. The van der Waals surface area contributed by atoms with Crippen molar-refractivity contribution in [2.45, 2.75) is 51.5 Å². The van der Waals surface area contributed by atoms with E-state index in [1.807, 2.05) is 6.92 Å². The number of nitrogens with one attached hydrogen (secondary N) is 1. The third-order valence-corrected chi connectivity index (χ3v) is 3.76. The zero-order valence-corrected chi connectivity index (χ0v) is 12.5. The summed E-state index contributed by atoms with van der Waals surface area (Å²) in [5.74, 6) is 1.55. The summed E-state index contributed by atoms with van der Waals surface area (Å²) in [7, 11) is 0. The number of rotatable bonds is 5. The lowest BCUT2D eigenvalue weighted by molar-refractivity contribution is -0.122. The summed E-state index contributed by atoms with van der Waals surface area (Å²) in [4.78, 5) is 16.6. The zero-order valence-electron chi connectivity index (χ0n) is 12.5. The minimum Gasteiger partial charge on any atom is -0.355 e. The summed E-state index contributed by atoms with van der Waals surface area (Å²) in [5, 5.41) is 18.3. The van der Waals surface area contributed by atoms with Crippen LogP contribution in [0.2, 0.25) is 0 Å². The van der Waals surface area contributed by atoms with Gasteiger partial charge in [-0.3, -0.25) is 4.79 Å². The molecule has 0 radical (unpaired) electrons. The molecule has 3 heterocycles. The van der Waals surface area contributed by atoms with Gasteiger partial charge in [-0.15, -0.1) is 5.10 Å². The van der Waals surface area contributed by atoms with E-state index in [1.54, 1.807) is 4.68 Å². The SMILES string of the molecule is CCc1noc(CCNC(=O)[C@@H]2CCCCn3nnnc32)n1. The number of hydrogen-bond acceptors (Lipinski definition) is 7. The van der Waals surface area contributed by atoms with E-state index in [2.05, 4.69) is 31.0 Å². The number of aryl methyl sites for hydroxylation is 2. The molecule has 1 aliphatic heterocycles. The minimum atomic E-state index is -0.286. The summed E-state index contributed by atoms with van der Waals surface area (Å²) < 4.78 is 6.82. The summed E-state index contributed by atoms with van der Waals surface area (Å²) in [5.41, 5.74) is 0. The molecule has 1 N–H and O–H groups in total. The predicted octanol–water partition coefficient (Wildman–Crippen LogP) is 0.245. The van der Waals surface area contributed by atoms with Crippen molar-refractivity contribution in [3.8, 4) is 0 Å². The lowest BCUT2D eigenvalue weighted by Gasteiger charge is -2.12. The van der Waals surface area contributed by atoms with Gasteiger partial charge in [0.15, 0.2) is 11.6 Å². The van der Waals surface area contributed by atoms with Crippen molar-refractivity contribution < 1.29 is 9.32 Å². The molecule has 3 rings (SSSR count). The maximum absolute atomic E-state index is 12.4. The fraction of sp³-hybridized carbons (Fsp3) is 0.692. The highest BCUT2D eigenvalue weighted by molar-refractivity contribution is 5.82. The van der Waals surface area contributed by atoms with Gasteiger partial charge in [0.2, 0.25) is 11.8 Å². The molecule has 1 amide bonds. The van der Waals surface area contributed by atoms with Gasteiger partial charge in [-0.05, 0) is 23.3 Å². The van der Waals surface area contributed by atoms with Crippen LogP contribution in [0.4, 0.5) is 0 Å². The van der Waals surface area contributed by atoms with Gasteiger partial charge in [-0.2, -0.15) is 4.98 Å². The van der Waals surface area contributed by atoms with Gasteiger partial charge in [0.05, 0.1) is 5.92 Å². The second-order valence-corrected chi connectivity index (χ2v) is 5.31. The maximum Gasteiger partial charge on any atom is 0.230 e. The first kappa shape index (κ1) is 14.6. The molecule has 22 heavy (non-hydrogen) atoms. The Labute approximate surface area is 127 Å². The number of hydrogen-bond donors (Lipinski definition) is 1. The van der Waals surface area contributed by atoms with Gasteiger partial charge in [-0.25, -0.2) is 4.68 Å². The first-order valence-corrected chi connectivity index (χ1v) is 7.63. The average Bonchev–Trinajstić information content (AvgIpc) is 3.13. The smallest absolute Gasteiger partial charge is 0.230 e. The van der Waals surface area contributed by atoms with Crippen molar-refractivity contribution in [1.29, 1.82) is 0 Å². The van der Waals surface area contributed by atoms with Gasteiger partial charge in [0, 0.05) is 25.9 Å². The Balaban J connectivity index is 1.56. The number of nitrogens with zero attached hydrogens (tertiary/aromatic N) is 6. The molecule has 118 valence electrons. The molecule has 0 spiro atoms. The van der Waals surface area contributed by atoms with Crippen LogP contribution < -0.4 is 5.32 Å². The predicted molar refractivity (Wildman–Crippen MR) is 74.8 cm³/mol. The average molecular weight is 305 g/mol. The molecular weight excluding hydrogens is 286 g/mol. The Hall–Kier alpha value is -2.32. The lowest BCUT2D eigenvalue weighted by atomic mass is 10.0. The largest absolute Gasteiger partial charge is 0.355 e. The molecule has 1 aliphatic rings. The Morgan fingerprint density at radius 1 is 1.45 bits per heavy atom. The van der Waals surface area contributed by atoms with Crippen LogP contribution in [0.1, 0.15) is 49.6 Å². The lowest BCUT2D eigenvalue weighted by Crippen LogP contribution is -2.32. The summed E-state index contributed by atoms with van der Waals surface area (Å²) in [6.45, 7) is 3.20. The first-order chi connectivity index (χ1) is 10.8. The zero-order chi connectivity index (χ0) is 15.4. The van der Waals surface area contributed by atoms with E-state index in [4.69, 9.17) is 4.52 Å². The van der Waals surface area contributed by atoms with Crippen molar-refractivity contribution in [2.75, 3.05) is 6.54 Å². The Morgan fingerprint density at radius 3 is 3.18 bits per heavy atom. The van der Waals surface area contributed by atoms with Crippen LogP contribution in [-0.2, 0) is 24.2 Å². The molecule has 0 bridgehead atoms. The fourth-order valence-corrected chi connectivity index (χ4v) is 2.56. The molecule has 0 unspecified atom stereocenters. The second-order valence-electron chi connectivity index (χ2n) is 5.31. The van der Waals surface area contributed by atoms with E-state index in [0.717, 1.165) is 32.2 Å². The van der Waals surface area contributed by atoms with Gasteiger partial charge in [0.1, 0.15) is 0 Å². The Bertz CT molecular complexity index is 636. The van der Waals surface area contributed by atoms with Crippen molar-refractivity contribution in [3.63, 3.8) is 0 Å². The summed E-state index contributed by atoms with van der Waals surface area (Å²) >= 11 is 0. The van der Waals surface area contributed by atoms with Crippen LogP contribution >= 0.6 is 0 Å². The number of amides is 1. The van der Waals surface area contributed by atoms with Crippen LogP contribution in [0.25, 0.3) is 0 Å². The molecule has 2 aromatic rings. The third kappa shape index (κ3) is 3.12. The molecule has 0 aromatic carbocycles. The van der Waals surface area contributed by atoms with Crippen LogP contribution in [0.5, 0.6) is 0 Å². The number of aromatic nitrogens is 6. The van der Waals surface area contributed by atoms with E-state index >= 15 is 0 Å². The van der Waals surface area contributed by atoms with Crippen LogP contribution in [0.3, 0.4) is 0 Å². The molecule has 0 saturated heterocycles. The van der Waals surface area contributed by atoms with Crippen molar-refractivity contribution in [2.24, 2.45) is 0 Å². The van der Waals surface area contributed by atoms with E-state index in [-0.39, 0.29) is 11.8 Å². The highest BCUT2D eigenvalue weighted by atomic mass is 16.5. The maximum atomic E-state index is 12.4. The van der Waals surface area contributed by atoms with Crippen LogP contribution in [-0.4, -0.2) is 42.8 Å². The van der Waals surface area contributed by atoms with E-state index in [9.17, 15) is 4.79 Å². The van der Waals surface area contributed by atoms with Gasteiger partial charge in [0.25, 0.3) is 0 Å². The number of carbonyl (C=O) groups excluding carboxylic acids is 1. The minimum absolute atomic E-state index is 0.0480. The molecule has 2 aromatic heterocycles. The highest BCUT2D eigenvalue weighted by Crippen LogP contribution is 2.23. The third-order valence-electron chi connectivity index (χ3n) is 3.76. The normalized spacial score (nSPS) is 17.8. The molecule has 0 saturated carbocycles. The molecule has 1 atom stereocenters.